The van der Waals surface area contributed by atoms with Crippen molar-refractivity contribution in [2.24, 2.45) is 7.05 Å². The van der Waals surface area contributed by atoms with Crippen LogP contribution in [0.15, 0.2) is 29.4 Å². The number of halogens is 5. The summed E-state index contributed by atoms with van der Waals surface area (Å²) >= 11 is 1.27. The van der Waals surface area contributed by atoms with E-state index < -0.39 is 27.4 Å². The molecule has 0 amide bonds. The minimum Gasteiger partial charge on any atom is -0.310 e. The number of aryl methyl sites for hydroxylation is 1. The summed E-state index contributed by atoms with van der Waals surface area (Å²) in [5.41, 5.74) is -1.08. The first-order valence-electron chi connectivity index (χ1n) is 10.7. The van der Waals surface area contributed by atoms with Gasteiger partial charge in [-0.1, -0.05) is 6.92 Å². The van der Waals surface area contributed by atoms with Crippen molar-refractivity contribution in [3.05, 3.63) is 35.1 Å². The third-order valence-electron chi connectivity index (χ3n) is 5.88. The van der Waals surface area contributed by atoms with Gasteiger partial charge in [-0.05, 0) is 36.5 Å². The maximum Gasteiger partial charge on any atom is 0.458 e. The van der Waals surface area contributed by atoms with Gasteiger partial charge in [0.25, 0.3) is 0 Å². The van der Waals surface area contributed by atoms with Gasteiger partial charge in [0, 0.05) is 36.7 Å². The van der Waals surface area contributed by atoms with E-state index in [-0.39, 0.29) is 33.3 Å². The fourth-order valence-electron chi connectivity index (χ4n) is 3.61. The van der Waals surface area contributed by atoms with Crippen LogP contribution in [0.4, 0.5) is 22.0 Å². The smallest absolute Gasteiger partial charge is 0.310 e. The quantitative estimate of drug-likeness (QED) is 0.321. The molecule has 1 aliphatic carbocycles. The minimum absolute atomic E-state index is 0.0184. The zero-order chi connectivity index (χ0) is 26.0. The molecule has 8 nitrogen and oxygen atoms in total. The van der Waals surface area contributed by atoms with Crippen LogP contribution in [0.25, 0.3) is 34.1 Å². The summed E-state index contributed by atoms with van der Waals surface area (Å²) in [6, 6.07) is 2.11. The number of hydrogen-bond acceptors (Lipinski definition) is 8. The van der Waals surface area contributed by atoms with Gasteiger partial charge in [0.1, 0.15) is 16.2 Å². The molecule has 190 valence electrons. The zero-order valence-electron chi connectivity index (χ0n) is 18.8. The molecule has 0 radical (unpaired) electrons. The Morgan fingerprint density at radius 2 is 1.86 bits per heavy atom. The molecule has 0 aromatic carbocycles. The monoisotopic (exact) mass is 543 g/mol. The van der Waals surface area contributed by atoms with Crippen molar-refractivity contribution in [1.29, 1.82) is 4.78 Å². The lowest BCUT2D eigenvalue weighted by molar-refractivity contribution is -0.289. The number of fused-ring (bicyclic) bond motifs is 1. The summed E-state index contributed by atoms with van der Waals surface area (Å²) in [5.74, 6) is -4.37. The Hall–Kier alpha value is -3.07. The first kappa shape index (κ1) is 24.6. The van der Waals surface area contributed by atoms with Crippen molar-refractivity contribution < 1.29 is 26.2 Å². The average molecular weight is 544 g/mol. The fraction of sp³-hybridized carbons (Fsp3) is 0.381. The van der Waals surface area contributed by atoms with Crippen LogP contribution in [0.2, 0.25) is 0 Å². The van der Waals surface area contributed by atoms with E-state index in [0.29, 0.717) is 29.6 Å². The lowest BCUT2D eigenvalue weighted by Crippen LogP contribution is -2.33. The lowest BCUT2D eigenvalue weighted by Gasteiger charge is -2.19. The molecule has 4 heterocycles. The molecule has 1 fully saturated rings. The van der Waals surface area contributed by atoms with E-state index in [9.17, 15) is 26.2 Å². The van der Waals surface area contributed by atoms with Gasteiger partial charge in [0.15, 0.2) is 17.3 Å². The SMILES string of the molecule is CCS(=N)(=O)c1cc(-c2nsc(C3CC3)n2)cnc1-c1nc2cc(C(F)(F)C(F)(F)F)cnc2n1C. The van der Waals surface area contributed by atoms with Gasteiger partial charge in [0.2, 0.25) is 0 Å². The molecule has 36 heavy (non-hydrogen) atoms. The van der Waals surface area contributed by atoms with E-state index in [1.165, 1.54) is 35.4 Å². The van der Waals surface area contributed by atoms with Crippen molar-refractivity contribution in [3.63, 3.8) is 0 Å². The number of imidazole rings is 1. The second-order valence-electron chi connectivity index (χ2n) is 8.40. The van der Waals surface area contributed by atoms with E-state index >= 15 is 0 Å². The van der Waals surface area contributed by atoms with E-state index in [4.69, 9.17) is 4.78 Å². The van der Waals surface area contributed by atoms with Crippen LogP contribution in [0.5, 0.6) is 0 Å². The molecule has 4 aromatic heterocycles. The molecule has 0 spiro atoms. The van der Waals surface area contributed by atoms with Crippen LogP contribution in [0, 0.1) is 4.78 Å². The molecular weight excluding hydrogens is 525 g/mol. The highest BCUT2D eigenvalue weighted by Gasteiger charge is 2.59. The summed E-state index contributed by atoms with van der Waals surface area (Å²) in [6.07, 6.45) is -1.83. The van der Waals surface area contributed by atoms with Crippen LogP contribution >= 0.6 is 11.5 Å². The number of alkyl halides is 5. The second kappa shape index (κ2) is 8.23. The normalized spacial score (nSPS) is 16.4. The molecule has 0 saturated heterocycles. The summed E-state index contributed by atoms with van der Waals surface area (Å²) in [4.78, 5) is 16.9. The Morgan fingerprint density at radius 1 is 1.14 bits per heavy atom. The molecule has 4 aromatic rings. The topological polar surface area (TPSA) is 110 Å². The Balaban J connectivity index is 1.65. The Morgan fingerprint density at radius 3 is 2.50 bits per heavy atom. The second-order valence-corrected chi connectivity index (χ2v) is 11.5. The molecule has 1 unspecified atom stereocenters. The molecule has 5 rings (SSSR count). The number of pyridine rings is 2. The molecule has 1 N–H and O–H groups in total. The van der Waals surface area contributed by atoms with Gasteiger partial charge in [-0.25, -0.2) is 23.9 Å². The van der Waals surface area contributed by atoms with Crippen molar-refractivity contribution in [1.82, 2.24) is 28.9 Å². The first-order chi connectivity index (χ1) is 16.8. The van der Waals surface area contributed by atoms with Gasteiger partial charge < -0.3 is 4.57 Å². The highest BCUT2D eigenvalue weighted by atomic mass is 32.2. The zero-order valence-corrected chi connectivity index (χ0v) is 20.4. The Labute approximate surface area is 205 Å². The number of rotatable bonds is 6. The minimum atomic E-state index is -5.80. The Bertz CT molecular complexity index is 1590. The molecule has 0 aliphatic heterocycles. The first-order valence-corrected chi connectivity index (χ1v) is 13.2. The summed E-state index contributed by atoms with van der Waals surface area (Å²) < 4.78 is 93.5. The van der Waals surface area contributed by atoms with E-state index in [2.05, 4.69) is 24.3 Å². The molecule has 1 aliphatic rings. The maximum atomic E-state index is 13.9. The van der Waals surface area contributed by atoms with Gasteiger partial charge in [-0.3, -0.25) is 4.98 Å². The third kappa shape index (κ3) is 4.03. The van der Waals surface area contributed by atoms with Crippen LogP contribution in [0.1, 0.15) is 36.3 Å². The van der Waals surface area contributed by atoms with E-state index in [0.717, 1.165) is 17.8 Å². The van der Waals surface area contributed by atoms with Gasteiger partial charge in [0.05, 0.1) is 20.2 Å². The standard InChI is InChI=1S/C21H18F5N7OS2/c1-3-36(27,34)14-6-11(16-31-19(35-32-16)10-4-5-10)8-28-15(14)18-30-13-7-12(9-29-17(13)33(18)2)20(22,23)21(24,25)26/h6-10,27H,3-5H2,1-2H3. The maximum absolute atomic E-state index is 13.9. The lowest BCUT2D eigenvalue weighted by atomic mass is 10.1. The predicted octanol–water partition coefficient (Wildman–Crippen LogP) is 5.51. The highest BCUT2D eigenvalue weighted by molar-refractivity contribution is 7.92. The fourth-order valence-corrected chi connectivity index (χ4v) is 5.54. The summed E-state index contributed by atoms with van der Waals surface area (Å²) in [7, 11) is -1.89. The third-order valence-corrected chi connectivity index (χ3v) is 8.59. The number of nitrogens with zero attached hydrogens (tertiary/aromatic N) is 6. The summed E-state index contributed by atoms with van der Waals surface area (Å²) in [5, 5.41) is 0.894. The van der Waals surface area contributed by atoms with Crippen molar-refractivity contribution in [2.75, 3.05) is 5.75 Å². The van der Waals surface area contributed by atoms with Crippen LogP contribution in [-0.4, -0.2) is 45.0 Å². The molecule has 1 saturated carbocycles. The van der Waals surface area contributed by atoms with Crippen LogP contribution in [-0.2, 0) is 22.7 Å². The summed E-state index contributed by atoms with van der Waals surface area (Å²) in [6.45, 7) is 1.57. The van der Waals surface area contributed by atoms with Crippen molar-refractivity contribution in [3.8, 4) is 22.9 Å². The highest BCUT2D eigenvalue weighted by Crippen LogP contribution is 2.44. The van der Waals surface area contributed by atoms with E-state index in [1.54, 1.807) is 6.92 Å². The Kier molecular flexibility index (Phi) is 5.63. The van der Waals surface area contributed by atoms with Crippen molar-refractivity contribution >= 4 is 32.4 Å². The predicted molar refractivity (Wildman–Crippen MR) is 122 cm³/mol. The van der Waals surface area contributed by atoms with Gasteiger partial charge in [-0.2, -0.15) is 26.3 Å². The largest absolute Gasteiger partial charge is 0.458 e. The average Bonchev–Trinajstić information content (AvgIpc) is 3.47. The number of hydrogen-bond donors (Lipinski definition) is 1. The van der Waals surface area contributed by atoms with Gasteiger partial charge >= 0.3 is 12.1 Å². The molecule has 0 bridgehead atoms. The van der Waals surface area contributed by atoms with Crippen molar-refractivity contribution in [2.45, 2.75) is 42.7 Å². The molecular formula is C21H18F5N7OS2. The van der Waals surface area contributed by atoms with Crippen LogP contribution in [0.3, 0.4) is 0 Å². The number of nitrogens with one attached hydrogen (secondary N) is 1. The molecule has 15 heteroatoms. The van der Waals surface area contributed by atoms with Crippen LogP contribution < -0.4 is 0 Å². The number of aromatic nitrogens is 6. The molecule has 1 atom stereocenters. The van der Waals surface area contributed by atoms with Gasteiger partial charge in [-0.15, -0.1) is 0 Å². The van der Waals surface area contributed by atoms with E-state index in [1.807, 2.05) is 0 Å².